The molecule has 0 atom stereocenters. The Morgan fingerprint density at radius 3 is 2.53 bits per heavy atom. The number of carboxylic acid groups (broad SMARTS) is 1. The molecule has 0 fully saturated rings. The van der Waals surface area contributed by atoms with Gasteiger partial charge in [0.25, 0.3) is 0 Å². The van der Waals surface area contributed by atoms with Gasteiger partial charge in [0.15, 0.2) is 5.11 Å². The maximum atomic E-state index is 10.5. The van der Waals surface area contributed by atoms with Crippen molar-refractivity contribution in [3.05, 3.63) is 30.3 Å². The Bertz CT molecular complexity index is 356. The van der Waals surface area contributed by atoms with Gasteiger partial charge in [-0.25, -0.2) is 9.80 Å². The summed E-state index contributed by atoms with van der Waals surface area (Å²) in [6.45, 7) is 0. The zero-order valence-corrected chi connectivity index (χ0v) is 8.91. The van der Waals surface area contributed by atoms with E-state index in [1.165, 1.54) is 7.05 Å². The van der Waals surface area contributed by atoms with E-state index in [1.807, 2.05) is 30.3 Å². The average Bonchev–Trinajstić information content (AvgIpc) is 2.18. The molecule has 5 nitrogen and oxygen atoms in total. The molecule has 0 radical (unpaired) electrons. The van der Waals surface area contributed by atoms with Gasteiger partial charge in [0.05, 0.1) is 0 Å². The summed E-state index contributed by atoms with van der Waals surface area (Å²) in [5, 5.41) is 12.5. The first-order valence-corrected chi connectivity index (χ1v) is 4.60. The molecular formula is C9H11N3O2S. The number of benzene rings is 1. The third kappa shape index (κ3) is 3.82. The molecule has 0 bridgehead atoms. The molecular weight excluding hydrogens is 214 g/mol. The van der Waals surface area contributed by atoms with Crippen LogP contribution in [0.25, 0.3) is 0 Å². The third-order valence-electron chi connectivity index (χ3n) is 1.59. The predicted molar refractivity (Wildman–Crippen MR) is 61.6 cm³/mol. The van der Waals surface area contributed by atoms with Crippen LogP contribution in [0.5, 0.6) is 0 Å². The SMILES string of the molecule is CN(NC(=S)Nc1ccccc1)C(=O)O. The summed E-state index contributed by atoms with van der Waals surface area (Å²) in [6.07, 6.45) is -1.10. The van der Waals surface area contributed by atoms with Gasteiger partial charge in [-0.15, -0.1) is 0 Å². The second kappa shape index (κ2) is 5.16. The van der Waals surface area contributed by atoms with Crippen molar-refractivity contribution in [1.82, 2.24) is 10.4 Å². The molecule has 0 unspecified atom stereocenters. The van der Waals surface area contributed by atoms with Crippen LogP contribution in [0.2, 0.25) is 0 Å². The van der Waals surface area contributed by atoms with E-state index in [1.54, 1.807) is 0 Å². The molecule has 0 saturated heterocycles. The van der Waals surface area contributed by atoms with Crippen LogP contribution in [0.4, 0.5) is 10.5 Å². The number of para-hydroxylation sites is 1. The summed E-state index contributed by atoms with van der Waals surface area (Å²) < 4.78 is 0. The maximum Gasteiger partial charge on any atom is 0.425 e. The Balaban J connectivity index is 2.47. The Hall–Kier alpha value is -1.82. The molecule has 15 heavy (non-hydrogen) atoms. The zero-order chi connectivity index (χ0) is 11.3. The summed E-state index contributed by atoms with van der Waals surface area (Å²) in [5.41, 5.74) is 3.28. The van der Waals surface area contributed by atoms with Gasteiger partial charge in [0.1, 0.15) is 0 Å². The largest absolute Gasteiger partial charge is 0.464 e. The van der Waals surface area contributed by atoms with Crippen LogP contribution in [0.1, 0.15) is 0 Å². The predicted octanol–water partition coefficient (Wildman–Crippen LogP) is 1.50. The lowest BCUT2D eigenvalue weighted by molar-refractivity contribution is 0.147. The van der Waals surface area contributed by atoms with E-state index in [-0.39, 0.29) is 5.11 Å². The monoisotopic (exact) mass is 225 g/mol. The topological polar surface area (TPSA) is 64.6 Å². The van der Waals surface area contributed by atoms with Crippen LogP contribution in [-0.2, 0) is 0 Å². The van der Waals surface area contributed by atoms with Gasteiger partial charge in [-0.05, 0) is 24.4 Å². The number of hydrazine groups is 1. The van der Waals surface area contributed by atoms with Gasteiger partial charge in [0.2, 0.25) is 0 Å². The van der Waals surface area contributed by atoms with Crippen LogP contribution in [-0.4, -0.2) is 28.4 Å². The fourth-order valence-corrected chi connectivity index (χ4v) is 1.14. The minimum atomic E-state index is -1.10. The highest BCUT2D eigenvalue weighted by atomic mass is 32.1. The van der Waals surface area contributed by atoms with Crippen molar-refractivity contribution < 1.29 is 9.90 Å². The number of thiocarbonyl (C=S) groups is 1. The number of hydrogen-bond donors (Lipinski definition) is 3. The van der Waals surface area contributed by atoms with Crippen LogP contribution in [0, 0.1) is 0 Å². The van der Waals surface area contributed by atoms with Crippen LogP contribution in [0.15, 0.2) is 30.3 Å². The van der Waals surface area contributed by atoms with Crippen LogP contribution < -0.4 is 10.7 Å². The Morgan fingerprint density at radius 1 is 1.40 bits per heavy atom. The number of amides is 1. The molecule has 1 aromatic carbocycles. The quantitative estimate of drug-likeness (QED) is 0.499. The molecule has 1 rings (SSSR count). The summed E-state index contributed by atoms with van der Waals surface area (Å²) in [7, 11) is 1.36. The summed E-state index contributed by atoms with van der Waals surface area (Å²) >= 11 is 4.90. The highest BCUT2D eigenvalue weighted by molar-refractivity contribution is 7.80. The average molecular weight is 225 g/mol. The number of hydrogen-bond acceptors (Lipinski definition) is 2. The normalized spacial score (nSPS) is 9.13. The third-order valence-corrected chi connectivity index (χ3v) is 1.78. The lowest BCUT2D eigenvalue weighted by Gasteiger charge is -2.17. The van der Waals surface area contributed by atoms with Gasteiger partial charge in [-0.1, -0.05) is 18.2 Å². The van der Waals surface area contributed by atoms with Crippen LogP contribution >= 0.6 is 12.2 Å². The van der Waals surface area contributed by atoms with Gasteiger partial charge in [-0.3, -0.25) is 5.43 Å². The van der Waals surface area contributed by atoms with E-state index in [0.717, 1.165) is 10.7 Å². The lowest BCUT2D eigenvalue weighted by Crippen LogP contribution is -2.44. The minimum Gasteiger partial charge on any atom is -0.464 e. The Kier molecular flexibility index (Phi) is 3.87. The van der Waals surface area contributed by atoms with E-state index >= 15 is 0 Å². The first-order chi connectivity index (χ1) is 7.09. The molecule has 80 valence electrons. The molecule has 6 heteroatoms. The second-order valence-electron chi connectivity index (χ2n) is 2.77. The lowest BCUT2D eigenvalue weighted by atomic mass is 10.3. The zero-order valence-electron chi connectivity index (χ0n) is 8.10. The van der Waals surface area contributed by atoms with Gasteiger partial charge in [0, 0.05) is 12.7 Å². The number of rotatable bonds is 1. The second-order valence-corrected chi connectivity index (χ2v) is 3.18. The van der Waals surface area contributed by atoms with E-state index in [2.05, 4.69) is 10.7 Å². The van der Waals surface area contributed by atoms with Crippen molar-refractivity contribution in [1.29, 1.82) is 0 Å². The molecule has 3 N–H and O–H groups in total. The minimum absolute atomic E-state index is 0.228. The Morgan fingerprint density at radius 2 is 2.00 bits per heavy atom. The van der Waals surface area contributed by atoms with Gasteiger partial charge in [-0.2, -0.15) is 0 Å². The first-order valence-electron chi connectivity index (χ1n) is 4.19. The standard InChI is InChI=1S/C9H11N3O2S/c1-12(9(13)14)11-8(15)10-7-5-3-2-4-6-7/h2-6H,1H3,(H,13,14)(H2,10,11,15). The van der Waals surface area contributed by atoms with E-state index in [9.17, 15) is 4.79 Å². The number of nitrogens with zero attached hydrogens (tertiary/aromatic N) is 1. The van der Waals surface area contributed by atoms with Gasteiger partial charge >= 0.3 is 6.09 Å². The van der Waals surface area contributed by atoms with Crippen molar-refractivity contribution in [3.8, 4) is 0 Å². The Labute approximate surface area is 92.7 Å². The fraction of sp³-hybridized carbons (Fsp3) is 0.111. The van der Waals surface area contributed by atoms with E-state index < -0.39 is 6.09 Å². The van der Waals surface area contributed by atoms with Crippen molar-refractivity contribution in [3.63, 3.8) is 0 Å². The summed E-state index contributed by atoms with van der Waals surface area (Å²) in [6, 6.07) is 9.24. The molecule has 0 aliphatic rings. The molecule has 1 amide bonds. The summed E-state index contributed by atoms with van der Waals surface area (Å²) in [4.78, 5) is 10.5. The van der Waals surface area contributed by atoms with Crippen molar-refractivity contribution in [2.75, 3.05) is 12.4 Å². The highest BCUT2D eigenvalue weighted by Gasteiger charge is 2.06. The number of nitrogens with one attached hydrogen (secondary N) is 2. The fourth-order valence-electron chi connectivity index (χ4n) is 0.881. The maximum absolute atomic E-state index is 10.5. The molecule has 0 heterocycles. The molecule has 0 spiro atoms. The number of carbonyl (C=O) groups is 1. The molecule has 0 aliphatic heterocycles. The van der Waals surface area contributed by atoms with E-state index in [4.69, 9.17) is 17.3 Å². The van der Waals surface area contributed by atoms with Crippen LogP contribution in [0.3, 0.4) is 0 Å². The smallest absolute Gasteiger partial charge is 0.425 e. The number of anilines is 1. The van der Waals surface area contributed by atoms with Gasteiger partial charge < -0.3 is 10.4 Å². The van der Waals surface area contributed by atoms with E-state index in [0.29, 0.717) is 0 Å². The molecule has 0 aromatic heterocycles. The highest BCUT2D eigenvalue weighted by Crippen LogP contribution is 2.04. The summed E-state index contributed by atoms with van der Waals surface area (Å²) in [5.74, 6) is 0. The van der Waals surface area contributed by atoms with Crippen molar-refractivity contribution in [2.45, 2.75) is 0 Å². The molecule has 0 saturated carbocycles. The first kappa shape index (κ1) is 11.3. The van der Waals surface area contributed by atoms with Crippen molar-refractivity contribution in [2.24, 2.45) is 0 Å². The van der Waals surface area contributed by atoms with Crippen molar-refractivity contribution >= 4 is 29.1 Å². The molecule has 1 aromatic rings. The molecule has 0 aliphatic carbocycles.